The smallest absolute Gasteiger partial charge is 0.00952 e. The van der Waals surface area contributed by atoms with E-state index >= 15 is 0 Å². The number of hydrogen-bond donors (Lipinski definition) is 0. The van der Waals surface area contributed by atoms with Gasteiger partial charge in [-0.3, -0.25) is 0 Å². The van der Waals surface area contributed by atoms with E-state index in [0.717, 1.165) is 6.04 Å². The molecule has 0 heterocycles. The van der Waals surface area contributed by atoms with Crippen molar-refractivity contribution in [1.29, 1.82) is 0 Å². The van der Waals surface area contributed by atoms with E-state index < -0.39 is 0 Å². The molecular formula is C12H25N. The van der Waals surface area contributed by atoms with Gasteiger partial charge in [-0.1, -0.05) is 33.1 Å². The average Bonchev–Trinajstić information content (AvgIpc) is 2.19. The van der Waals surface area contributed by atoms with Gasteiger partial charge in [0.05, 0.1) is 0 Å². The summed E-state index contributed by atoms with van der Waals surface area (Å²) in [4.78, 5) is 2.72. The quantitative estimate of drug-likeness (QED) is 0.631. The zero-order valence-corrected chi connectivity index (χ0v) is 9.39. The van der Waals surface area contributed by atoms with Crippen LogP contribution in [0.25, 0.3) is 0 Å². The molecule has 13 heavy (non-hydrogen) atoms. The van der Waals surface area contributed by atoms with Gasteiger partial charge >= 0.3 is 0 Å². The topological polar surface area (TPSA) is 3.24 Å². The largest absolute Gasteiger partial charge is 0.300 e. The lowest BCUT2D eigenvalue weighted by Crippen LogP contribution is -2.37. The fourth-order valence-corrected chi connectivity index (χ4v) is 2.50. The van der Waals surface area contributed by atoms with Gasteiger partial charge in [0.15, 0.2) is 0 Å². The second-order valence-electron chi connectivity index (χ2n) is 4.33. The van der Waals surface area contributed by atoms with Crippen molar-refractivity contribution < 1.29 is 0 Å². The lowest BCUT2D eigenvalue weighted by Gasteiger charge is -2.33. The zero-order chi connectivity index (χ0) is 9.52. The second kappa shape index (κ2) is 6.42. The first-order valence-electron chi connectivity index (χ1n) is 6.12. The van der Waals surface area contributed by atoms with Crippen molar-refractivity contribution in [2.24, 2.45) is 0 Å². The molecule has 1 aliphatic carbocycles. The van der Waals surface area contributed by atoms with E-state index in [2.05, 4.69) is 18.7 Å². The van der Waals surface area contributed by atoms with Crippen molar-refractivity contribution in [3.63, 3.8) is 0 Å². The first-order chi connectivity index (χ1) is 6.38. The highest BCUT2D eigenvalue weighted by Crippen LogP contribution is 2.22. The minimum absolute atomic E-state index is 0.925. The van der Waals surface area contributed by atoms with Crippen LogP contribution in [0.5, 0.6) is 0 Å². The molecule has 0 bridgehead atoms. The predicted octanol–water partition coefficient (Wildman–Crippen LogP) is 3.44. The summed E-state index contributed by atoms with van der Waals surface area (Å²) in [5, 5.41) is 0. The maximum atomic E-state index is 2.72. The summed E-state index contributed by atoms with van der Waals surface area (Å²) in [6.45, 7) is 7.23. The number of nitrogens with zero attached hydrogens (tertiary/aromatic N) is 1. The van der Waals surface area contributed by atoms with Gasteiger partial charge in [0.2, 0.25) is 0 Å². The van der Waals surface area contributed by atoms with Gasteiger partial charge in [0.1, 0.15) is 0 Å². The Kier molecular flexibility index (Phi) is 5.45. The fraction of sp³-hybridized carbons (Fsp3) is 1.00. The van der Waals surface area contributed by atoms with Crippen LogP contribution in [0, 0.1) is 0 Å². The molecule has 1 nitrogen and oxygen atoms in total. The van der Waals surface area contributed by atoms with Crippen molar-refractivity contribution >= 4 is 0 Å². The summed E-state index contributed by atoms with van der Waals surface area (Å²) >= 11 is 0. The van der Waals surface area contributed by atoms with Crippen LogP contribution in [-0.4, -0.2) is 24.0 Å². The van der Waals surface area contributed by atoms with Crippen molar-refractivity contribution in [2.45, 2.75) is 64.8 Å². The van der Waals surface area contributed by atoms with Gasteiger partial charge in [-0.25, -0.2) is 0 Å². The summed E-state index contributed by atoms with van der Waals surface area (Å²) in [6, 6.07) is 0.925. The molecule has 1 fully saturated rings. The second-order valence-corrected chi connectivity index (χ2v) is 4.33. The average molecular weight is 183 g/mol. The van der Waals surface area contributed by atoms with Gasteiger partial charge < -0.3 is 4.90 Å². The molecule has 0 N–H and O–H groups in total. The predicted molar refractivity (Wildman–Crippen MR) is 59.0 cm³/mol. The van der Waals surface area contributed by atoms with Crippen LogP contribution in [-0.2, 0) is 0 Å². The molecule has 1 saturated carbocycles. The first kappa shape index (κ1) is 11.0. The van der Waals surface area contributed by atoms with Crippen LogP contribution >= 0.6 is 0 Å². The molecule has 0 unspecified atom stereocenters. The van der Waals surface area contributed by atoms with E-state index in [9.17, 15) is 0 Å². The fourth-order valence-electron chi connectivity index (χ4n) is 2.50. The maximum absolute atomic E-state index is 2.72. The van der Waals surface area contributed by atoms with E-state index in [4.69, 9.17) is 0 Å². The van der Waals surface area contributed by atoms with Gasteiger partial charge in [-0.2, -0.15) is 0 Å². The van der Waals surface area contributed by atoms with E-state index in [1.807, 2.05) is 0 Å². The monoisotopic (exact) mass is 183 g/mol. The molecule has 1 heteroatoms. The molecule has 0 spiro atoms. The molecular weight excluding hydrogens is 158 g/mol. The minimum atomic E-state index is 0.925. The zero-order valence-electron chi connectivity index (χ0n) is 9.39. The van der Waals surface area contributed by atoms with Gasteiger partial charge in [0, 0.05) is 6.04 Å². The Morgan fingerprint density at radius 1 is 0.923 bits per heavy atom. The Morgan fingerprint density at radius 3 is 1.92 bits per heavy atom. The summed E-state index contributed by atoms with van der Waals surface area (Å²) in [5.74, 6) is 0. The maximum Gasteiger partial charge on any atom is 0.00952 e. The molecule has 0 aromatic rings. The Morgan fingerprint density at radius 2 is 1.46 bits per heavy atom. The Labute approximate surface area is 83.5 Å². The van der Waals surface area contributed by atoms with Gasteiger partial charge in [0.25, 0.3) is 0 Å². The van der Waals surface area contributed by atoms with Crippen LogP contribution in [0.4, 0.5) is 0 Å². The van der Waals surface area contributed by atoms with Gasteiger partial charge in [-0.05, 0) is 38.8 Å². The summed E-state index contributed by atoms with van der Waals surface area (Å²) in [7, 11) is 0. The van der Waals surface area contributed by atoms with Crippen LogP contribution in [0.3, 0.4) is 0 Å². The molecule has 0 saturated heterocycles. The lowest BCUT2D eigenvalue weighted by molar-refractivity contribution is 0.156. The van der Waals surface area contributed by atoms with E-state index in [1.54, 1.807) is 0 Å². The molecule has 1 rings (SSSR count). The van der Waals surface area contributed by atoms with Gasteiger partial charge in [-0.15, -0.1) is 0 Å². The highest BCUT2D eigenvalue weighted by atomic mass is 15.1. The van der Waals surface area contributed by atoms with Crippen LogP contribution in [0.15, 0.2) is 0 Å². The third kappa shape index (κ3) is 3.68. The molecule has 1 aliphatic rings. The third-order valence-electron chi connectivity index (χ3n) is 3.11. The number of rotatable bonds is 5. The molecule has 0 aromatic carbocycles. The van der Waals surface area contributed by atoms with Crippen molar-refractivity contribution in [3.05, 3.63) is 0 Å². The van der Waals surface area contributed by atoms with E-state index in [0.29, 0.717) is 0 Å². The highest BCUT2D eigenvalue weighted by Gasteiger charge is 2.19. The molecule has 0 aliphatic heterocycles. The Bertz CT molecular complexity index is 110. The normalized spacial score (nSPS) is 19.6. The Hall–Kier alpha value is -0.0400. The minimum Gasteiger partial charge on any atom is -0.300 e. The highest BCUT2D eigenvalue weighted by molar-refractivity contribution is 4.75. The summed E-state index contributed by atoms with van der Waals surface area (Å²) < 4.78 is 0. The molecule has 0 aromatic heterocycles. The summed E-state index contributed by atoms with van der Waals surface area (Å²) in [6.07, 6.45) is 9.96. The summed E-state index contributed by atoms with van der Waals surface area (Å²) in [5.41, 5.74) is 0. The standard InChI is InChI=1S/C12H25N/c1-3-10-13(11-4-2)12-8-6-5-7-9-12/h12H,3-11H2,1-2H3. The first-order valence-corrected chi connectivity index (χ1v) is 6.12. The number of hydrogen-bond acceptors (Lipinski definition) is 1. The van der Waals surface area contributed by atoms with Crippen LogP contribution in [0.2, 0.25) is 0 Å². The molecule has 0 radical (unpaired) electrons. The van der Waals surface area contributed by atoms with Crippen LogP contribution in [0.1, 0.15) is 58.8 Å². The molecule has 78 valence electrons. The SMILES string of the molecule is CCCN(CCC)C1CCCCC1. The van der Waals surface area contributed by atoms with Crippen molar-refractivity contribution in [1.82, 2.24) is 4.90 Å². The van der Waals surface area contributed by atoms with Crippen molar-refractivity contribution in [3.8, 4) is 0 Å². The van der Waals surface area contributed by atoms with E-state index in [-0.39, 0.29) is 0 Å². The van der Waals surface area contributed by atoms with E-state index in [1.165, 1.54) is 58.0 Å². The van der Waals surface area contributed by atoms with Crippen LogP contribution < -0.4 is 0 Å². The third-order valence-corrected chi connectivity index (χ3v) is 3.11. The molecule has 0 amide bonds. The lowest BCUT2D eigenvalue weighted by atomic mass is 9.94. The molecule has 0 atom stereocenters. The Balaban J connectivity index is 2.32. The van der Waals surface area contributed by atoms with Crippen molar-refractivity contribution in [2.75, 3.05) is 13.1 Å².